The van der Waals surface area contributed by atoms with E-state index in [0.29, 0.717) is 38.4 Å². The number of methoxy groups -OCH3 is 2. The Morgan fingerprint density at radius 3 is 2.36 bits per heavy atom. The number of halogens is 3. The molecule has 0 fully saturated rings. The van der Waals surface area contributed by atoms with Gasteiger partial charge < -0.3 is 23.9 Å². The standard InChI is InChI=1S/C26H20Cl3NO6/c1-13-8-21-16(11-18(13)28)24(32)26(25(36-21)14-4-7-20(33-2)22(9-14)34-3)35-12-23(31)30-15-5-6-17(27)19(29)10-15/h4-11H,12H2,1-3H3,(H,30,31). The molecule has 0 aliphatic heterocycles. The van der Waals surface area contributed by atoms with Crippen LogP contribution in [0, 0.1) is 6.92 Å². The Morgan fingerprint density at radius 1 is 0.917 bits per heavy atom. The third kappa shape index (κ3) is 5.23. The van der Waals surface area contributed by atoms with Gasteiger partial charge in [0.25, 0.3) is 5.91 Å². The van der Waals surface area contributed by atoms with Gasteiger partial charge in [-0.3, -0.25) is 9.59 Å². The second-order valence-corrected chi connectivity index (χ2v) is 8.94. The van der Waals surface area contributed by atoms with Crippen LogP contribution in [0.5, 0.6) is 17.2 Å². The van der Waals surface area contributed by atoms with Crippen LogP contribution in [-0.4, -0.2) is 26.7 Å². The van der Waals surface area contributed by atoms with Crippen molar-refractivity contribution in [2.75, 3.05) is 26.1 Å². The lowest BCUT2D eigenvalue weighted by Crippen LogP contribution is -2.22. The van der Waals surface area contributed by atoms with Gasteiger partial charge in [0.1, 0.15) is 5.58 Å². The normalized spacial score (nSPS) is 10.8. The quantitative estimate of drug-likeness (QED) is 0.274. The Hall–Kier alpha value is -3.39. The van der Waals surface area contributed by atoms with Crippen molar-refractivity contribution in [1.29, 1.82) is 0 Å². The molecule has 10 heteroatoms. The van der Waals surface area contributed by atoms with E-state index in [-0.39, 0.29) is 21.9 Å². The average Bonchev–Trinajstić information content (AvgIpc) is 2.86. The molecule has 0 unspecified atom stereocenters. The summed E-state index contributed by atoms with van der Waals surface area (Å²) >= 11 is 18.2. The van der Waals surface area contributed by atoms with E-state index >= 15 is 0 Å². The minimum atomic E-state index is -0.520. The van der Waals surface area contributed by atoms with Crippen molar-refractivity contribution in [3.63, 3.8) is 0 Å². The monoisotopic (exact) mass is 547 g/mol. The fourth-order valence-electron chi connectivity index (χ4n) is 3.51. The van der Waals surface area contributed by atoms with Gasteiger partial charge in [-0.25, -0.2) is 0 Å². The molecule has 3 aromatic carbocycles. The number of hydrogen-bond donors (Lipinski definition) is 1. The number of carbonyl (C=O) groups is 1. The van der Waals surface area contributed by atoms with Crippen LogP contribution < -0.4 is 25.0 Å². The Bertz CT molecular complexity index is 1530. The molecule has 1 N–H and O–H groups in total. The highest BCUT2D eigenvalue weighted by molar-refractivity contribution is 6.42. The maximum absolute atomic E-state index is 13.5. The van der Waals surface area contributed by atoms with Crippen LogP contribution in [-0.2, 0) is 4.79 Å². The summed E-state index contributed by atoms with van der Waals surface area (Å²) in [6, 6.07) is 12.8. The van der Waals surface area contributed by atoms with Gasteiger partial charge in [-0.1, -0.05) is 34.8 Å². The minimum absolute atomic E-state index is 0.123. The highest BCUT2D eigenvalue weighted by Crippen LogP contribution is 2.37. The molecule has 1 heterocycles. The van der Waals surface area contributed by atoms with Crippen molar-refractivity contribution >= 4 is 57.4 Å². The van der Waals surface area contributed by atoms with Crippen LogP contribution in [0.15, 0.2) is 57.7 Å². The number of fused-ring (bicyclic) bond motifs is 1. The predicted molar refractivity (Wildman–Crippen MR) is 141 cm³/mol. The highest BCUT2D eigenvalue weighted by atomic mass is 35.5. The van der Waals surface area contributed by atoms with Gasteiger partial charge in [-0.05, 0) is 61.0 Å². The first-order valence-electron chi connectivity index (χ1n) is 10.6. The molecular formula is C26H20Cl3NO6. The van der Waals surface area contributed by atoms with Crippen molar-refractivity contribution in [1.82, 2.24) is 0 Å². The summed E-state index contributed by atoms with van der Waals surface area (Å²) in [5.41, 5.74) is 1.48. The number of nitrogens with one attached hydrogen (secondary N) is 1. The van der Waals surface area contributed by atoms with Gasteiger partial charge in [0, 0.05) is 16.3 Å². The summed E-state index contributed by atoms with van der Waals surface area (Å²) in [5, 5.41) is 3.91. The molecule has 0 atom stereocenters. The molecule has 1 amide bonds. The Morgan fingerprint density at radius 2 is 1.67 bits per heavy atom. The van der Waals surface area contributed by atoms with E-state index in [9.17, 15) is 9.59 Å². The van der Waals surface area contributed by atoms with Crippen LogP contribution >= 0.6 is 34.8 Å². The lowest BCUT2D eigenvalue weighted by atomic mass is 10.1. The van der Waals surface area contributed by atoms with E-state index in [2.05, 4.69) is 5.32 Å². The van der Waals surface area contributed by atoms with E-state index in [1.54, 1.807) is 43.3 Å². The number of hydrogen-bond acceptors (Lipinski definition) is 6. The number of aryl methyl sites for hydroxylation is 1. The summed E-state index contributed by atoms with van der Waals surface area (Å²) in [5.74, 6) is 0.369. The van der Waals surface area contributed by atoms with Crippen molar-refractivity contribution in [2.45, 2.75) is 6.92 Å². The molecule has 7 nitrogen and oxygen atoms in total. The molecule has 0 saturated carbocycles. The number of carbonyl (C=O) groups excluding carboxylic acids is 1. The highest BCUT2D eigenvalue weighted by Gasteiger charge is 2.21. The number of benzene rings is 3. The SMILES string of the molecule is COc1ccc(-c2oc3cc(C)c(Cl)cc3c(=O)c2OCC(=O)Nc2ccc(Cl)c(Cl)c2)cc1OC. The number of rotatable bonds is 7. The second-order valence-electron chi connectivity index (χ2n) is 7.72. The molecule has 0 radical (unpaired) electrons. The third-order valence-electron chi connectivity index (χ3n) is 5.33. The molecule has 0 aliphatic rings. The van der Waals surface area contributed by atoms with E-state index in [4.69, 9.17) is 53.4 Å². The van der Waals surface area contributed by atoms with Crippen molar-refractivity contribution < 1.29 is 23.4 Å². The first-order valence-corrected chi connectivity index (χ1v) is 11.7. The topological polar surface area (TPSA) is 87.0 Å². The summed E-state index contributed by atoms with van der Waals surface area (Å²) in [4.78, 5) is 26.0. The summed E-state index contributed by atoms with van der Waals surface area (Å²) < 4.78 is 22.5. The molecule has 4 aromatic rings. The lowest BCUT2D eigenvalue weighted by molar-refractivity contribution is -0.118. The molecule has 0 bridgehead atoms. The van der Waals surface area contributed by atoms with Gasteiger partial charge in [-0.15, -0.1) is 0 Å². The summed E-state index contributed by atoms with van der Waals surface area (Å²) in [6.07, 6.45) is 0. The number of anilines is 1. The van der Waals surface area contributed by atoms with Crippen LogP contribution in [0.1, 0.15) is 5.56 Å². The predicted octanol–water partition coefficient (Wildman–Crippen LogP) is 6.76. The third-order valence-corrected chi connectivity index (χ3v) is 6.47. The van der Waals surface area contributed by atoms with E-state index in [1.165, 1.54) is 26.4 Å². The first-order chi connectivity index (χ1) is 17.2. The summed E-state index contributed by atoms with van der Waals surface area (Å²) in [7, 11) is 3.01. The van der Waals surface area contributed by atoms with Crippen molar-refractivity contribution in [3.05, 3.63) is 79.4 Å². The van der Waals surface area contributed by atoms with Crippen LogP contribution in [0.25, 0.3) is 22.3 Å². The molecule has 0 aliphatic carbocycles. The lowest BCUT2D eigenvalue weighted by Gasteiger charge is -2.14. The van der Waals surface area contributed by atoms with Gasteiger partial charge in [0.2, 0.25) is 11.2 Å². The first kappa shape index (κ1) is 25.7. The van der Waals surface area contributed by atoms with Crippen LogP contribution in [0.3, 0.4) is 0 Å². The Labute approximate surface area is 221 Å². The van der Waals surface area contributed by atoms with Crippen LogP contribution in [0.2, 0.25) is 15.1 Å². The maximum atomic E-state index is 13.5. The fourth-order valence-corrected chi connectivity index (χ4v) is 3.97. The van der Waals surface area contributed by atoms with E-state index < -0.39 is 17.9 Å². The van der Waals surface area contributed by atoms with Crippen molar-refractivity contribution in [2.24, 2.45) is 0 Å². The maximum Gasteiger partial charge on any atom is 0.262 e. The van der Waals surface area contributed by atoms with Gasteiger partial charge in [0.05, 0.1) is 29.7 Å². The van der Waals surface area contributed by atoms with Gasteiger partial charge in [-0.2, -0.15) is 0 Å². The molecule has 4 rings (SSSR count). The Balaban J connectivity index is 1.75. The van der Waals surface area contributed by atoms with E-state index in [1.807, 2.05) is 0 Å². The minimum Gasteiger partial charge on any atom is -0.493 e. The van der Waals surface area contributed by atoms with Gasteiger partial charge in [0.15, 0.2) is 23.9 Å². The molecule has 0 saturated heterocycles. The van der Waals surface area contributed by atoms with Crippen LogP contribution in [0.4, 0.5) is 5.69 Å². The zero-order valence-electron chi connectivity index (χ0n) is 19.4. The molecular weight excluding hydrogens is 529 g/mol. The average molecular weight is 549 g/mol. The fraction of sp³-hybridized carbons (Fsp3) is 0.154. The summed E-state index contributed by atoms with van der Waals surface area (Å²) in [6.45, 7) is 1.33. The molecule has 186 valence electrons. The molecule has 1 aromatic heterocycles. The zero-order chi connectivity index (χ0) is 26.0. The van der Waals surface area contributed by atoms with E-state index in [0.717, 1.165) is 5.56 Å². The number of amides is 1. The van der Waals surface area contributed by atoms with Gasteiger partial charge >= 0.3 is 0 Å². The molecule has 0 spiro atoms. The number of ether oxygens (including phenoxy) is 3. The Kier molecular flexibility index (Phi) is 7.64. The smallest absolute Gasteiger partial charge is 0.262 e. The zero-order valence-corrected chi connectivity index (χ0v) is 21.7. The molecule has 36 heavy (non-hydrogen) atoms. The largest absolute Gasteiger partial charge is 0.493 e. The van der Waals surface area contributed by atoms with Crippen molar-refractivity contribution in [3.8, 4) is 28.6 Å². The second kappa shape index (κ2) is 10.7.